The predicted molar refractivity (Wildman–Crippen MR) is 119 cm³/mol. The van der Waals surface area contributed by atoms with Crippen LogP contribution < -0.4 is 20.3 Å². The molecule has 0 fully saturated rings. The number of carbonyl (C=O) groups is 1. The van der Waals surface area contributed by atoms with E-state index in [1.165, 1.54) is 4.52 Å². The molecule has 8 nitrogen and oxygen atoms in total. The van der Waals surface area contributed by atoms with E-state index in [2.05, 4.69) is 15.4 Å². The maximum absolute atomic E-state index is 12.9. The number of ether oxygens (including phenoxy) is 2. The number of hydrogen-bond donors (Lipinski definition) is 2. The van der Waals surface area contributed by atoms with Crippen LogP contribution >= 0.6 is 0 Å². The molecule has 0 aliphatic rings. The number of aryl methyl sites for hydroxylation is 1. The van der Waals surface area contributed by atoms with Gasteiger partial charge in [-0.1, -0.05) is 19.9 Å². The first kappa shape index (κ1) is 22.4. The second kappa shape index (κ2) is 9.68. The zero-order chi connectivity index (χ0) is 22.5. The van der Waals surface area contributed by atoms with Crippen LogP contribution in [-0.2, 0) is 11.2 Å². The maximum atomic E-state index is 12.9. The second-order valence-electron chi connectivity index (χ2n) is 7.68. The summed E-state index contributed by atoms with van der Waals surface area (Å²) < 4.78 is 12.7. The van der Waals surface area contributed by atoms with Crippen molar-refractivity contribution < 1.29 is 14.3 Å². The van der Waals surface area contributed by atoms with Crippen LogP contribution in [0.4, 0.5) is 0 Å². The fourth-order valence-electron chi connectivity index (χ4n) is 3.59. The number of nitrogens with zero attached hydrogens (tertiary/aromatic N) is 2. The topological polar surface area (TPSA) is 97.7 Å². The lowest BCUT2D eigenvalue weighted by atomic mass is 9.95. The normalized spacial score (nSPS) is 12.2. The average Bonchev–Trinajstić information content (AvgIpc) is 3.19. The monoisotopic (exact) mass is 426 g/mol. The summed E-state index contributed by atoms with van der Waals surface area (Å²) in [5.74, 6) is 1.22. The molecule has 0 saturated carbocycles. The molecule has 0 radical (unpaired) electrons. The highest BCUT2D eigenvalue weighted by molar-refractivity contribution is 5.79. The van der Waals surface area contributed by atoms with Crippen molar-refractivity contribution in [1.29, 1.82) is 0 Å². The van der Waals surface area contributed by atoms with E-state index in [-0.39, 0.29) is 29.8 Å². The molecule has 2 N–H and O–H groups in total. The van der Waals surface area contributed by atoms with E-state index < -0.39 is 0 Å². The third-order valence-electron chi connectivity index (χ3n) is 5.09. The van der Waals surface area contributed by atoms with E-state index in [0.717, 1.165) is 5.56 Å². The molecule has 2 heterocycles. The number of hydrogen-bond acceptors (Lipinski definition) is 5. The Labute approximate surface area is 181 Å². The van der Waals surface area contributed by atoms with Gasteiger partial charge in [-0.2, -0.15) is 0 Å². The number of nitrogens with one attached hydrogen (secondary N) is 2. The summed E-state index contributed by atoms with van der Waals surface area (Å²) in [4.78, 5) is 30.0. The van der Waals surface area contributed by atoms with Gasteiger partial charge < -0.3 is 14.8 Å². The summed E-state index contributed by atoms with van der Waals surface area (Å²) in [5.41, 5.74) is 2.12. The highest BCUT2D eigenvalue weighted by Gasteiger charge is 2.22. The Bertz CT molecular complexity index is 1120. The molecular formula is C23H30N4O4. The Morgan fingerprint density at radius 1 is 1.16 bits per heavy atom. The van der Waals surface area contributed by atoms with Gasteiger partial charge in [0.25, 0.3) is 5.56 Å². The van der Waals surface area contributed by atoms with Gasteiger partial charge in [0.2, 0.25) is 5.91 Å². The van der Waals surface area contributed by atoms with Crippen molar-refractivity contribution in [2.45, 2.75) is 47.1 Å². The lowest BCUT2D eigenvalue weighted by Crippen LogP contribution is -2.35. The third kappa shape index (κ3) is 4.90. The van der Waals surface area contributed by atoms with E-state index >= 15 is 0 Å². The first-order chi connectivity index (χ1) is 14.8. The fraction of sp³-hybridized carbons (Fsp3) is 0.435. The minimum absolute atomic E-state index is 0.0435. The van der Waals surface area contributed by atoms with E-state index in [4.69, 9.17) is 9.47 Å². The summed E-state index contributed by atoms with van der Waals surface area (Å²) in [5, 5.41) is 5.91. The van der Waals surface area contributed by atoms with Gasteiger partial charge in [0, 0.05) is 23.5 Å². The van der Waals surface area contributed by atoms with Crippen molar-refractivity contribution in [2.24, 2.45) is 5.92 Å². The zero-order valence-corrected chi connectivity index (χ0v) is 18.7. The minimum atomic E-state index is -0.261. The lowest BCUT2D eigenvalue weighted by molar-refractivity contribution is -0.121. The van der Waals surface area contributed by atoms with Gasteiger partial charge in [-0.05, 0) is 44.4 Å². The second-order valence-corrected chi connectivity index (χ2v) is 7.68. The van der Waals surface area contributed by atoms with Crippen LogP contribution in [0.2, 0.25) is 0 Å². The fourth-order valence-corrected chi connectivity index (χ4v) is 3.59. The number of carbonyl (C=O) groups excluding carboxylic acids is 1. The Morgan fingerprint density at radius 3 is 2.55 bits per heavy atom. The average molecular weight is 427 g/mol. The molecule has 1 amide bonds. The molecule has 1 atom stereocenters. The van der Waals surface area contributed by atoms with Gasteiger partial charge in [0.05, 0.1) is 25.7 Å². The van der Waals surface area contributed by atoms with Crippen LogP contribution in [0.25, 0.3) is 5.65 Å². The first-order valence-corrected chi connectivity index (χ1v) is 10.6. The molecule has 0 spiro atoms. The van der Waals surface area contributed by atoms with Crippen LogP contribution in [0.15, 0.2) is 35.3 Å². The van der Waals surface area contributed by atoms with E-state index in [9.17, 15) is 9.59 Å². The van der Waals surface area contributed by atoms with E-state index in [1.807, 2.05) is 45.9 Å². The summed E-state index contributed by atoms with van der Waals surface area (Å²) in [6.07, 6.45) is 1.60. The Morgan fingerprint density at radius 2 is 1.87 bits per heavy atom. The number of H-pyrrole nitrogens is 1. The minimum Gasteiger partial charge on any atom is -0.490 e. The molecule has 0 aliphatic heterocycles. The summed E-state index contributed by atoms with van der Waals surface area (Å²) in [6, 6.07) is 7.18. The largest absolute Gasteiger partial charge is 0.490 e. The number of amides is 1. The van der Waals surface area contributed by atoms with Gasteiger partial charge in [-0.25, -0.2) is 9.50 Å². The summed E-state index contributed by atoms with van der Waals surface area (Å²) in [6.45, 7) is 10.7. The van der Waals surface area contributed by atoms with Crippen molar-refractivity contribution in [3.8, 4) is 11.5 Å². The van der Waals surface area contributed by atoms with Gasteiger partial charge in [-0.3, -0.25) is 14.7 Å². The number of aromatic nitrogens is 3. The molecule has 0 bridgehead atoms. The van der Waals surface area contributed by atoms with Crippen LogP contribution in [0.3, 0.4) is 0 Å². The van der Waals surface area contributed by atoms with E-state index in [1.54, 1.807) is 19.2 Å². The third-order valence-corrected chi connectivity index (χ3v) is 5.09. The molecular weight excluding hydrogens is 396 g/mol. The zero-order valence-electron chi connectivity index (χ0n) is 18.7. The van der Waals surface area contributed by atoms with Crippen molar-refractivity contribution in [1.82, 2.24) is 19.9 Å². The van der Waals surface area contributed by atoms with E-state index in [0.29, 0.717) is 41.6 Å². The maximum Gasteiger partial charge on any atom is 0.276 e. The van der Waals surface area contributed by atoms with Gasteiger partial charge in [0.15, 0.2) is 17.1 Å². The smallest absolute Gasteiger partial charge is 0.276 e. The number of rotatable bonds is 9. The standard InChI is InChI=1S/C23H30N4O4/c1-6-30-18-9-8-16(12-19(18)31-7-2)22(14(3)4)26-21(28)13-17-15(5)25-20-10-11-24-27(20)23(17)29/h8-12,14,22,24H,6-7,13H2,1-5H3,(H,26,28). The molecule has 1 aromatic carbocycles. The summed E-state index contributed by atoms with van der Waals surface area (Å²) in [7, 11) is 0. The van der Waals surface area contributed by atoms with Gasteiger partial charge in [-0.15, -0.1) is 0 Å². The predicted octanol–water partition coefficient (Wildman–Crippen LogP) is 3.18. The number of benzene rings is 1. The molecule has 3 aromatic rings. The van der Waals surface area contributed by atoms with Crippen molar-refractivity contribution in [3.63, 3.8) is 0 Å². The van der Waals surface area contributed by atoms with Gasteiger partial charge in [0.1, 0.15) is 0 Å². The molecule has 31 heavy (non-hydrogen) atoms. The number of fused-ring (bicyclic) bond motifs is 1. The van der Waals surface area contributed by atoms with Crippen LogP contribution in [-0.4, -0.2) is 33.7 Å². The van der Waals surface area contributed by atoms with Crippen LogP contribution in [0, 0.1) is 12.8 Å². The SMILES string of the molecule is CCOc1ccc(C(NC(=O)Cc2c(C)nc3cc[nH]n3c2=O)C(C)C)cc1OCC. The van der Waals surface area contributed by atoms with Crippen LogP contribution in [0.1, 0.15) is 50.6 Å². The van der Waals surface area contributed by atoms with Crippen molar-refractivity contribution in [3.05, 3.63) is 57.6 Å². The summed E-state index contributed by atoms with van der Waals surface area (Å²) >= 11 is 0. The van der Waals surface area contributed by atoms with Crippen molar-refractivity contribution >= 4 is 11.6 Å². The highest BCUT2D eigenvalue weighted by Crippen LogP contribution is 2.33. The Balaban J connectivity index is 1.84. The Hall–Kier alpha value is -3.29. The Kier molecular flexibility index (Phi) is 6.99. The molecule has 0 aliphatic carbocycles. The highest BCUT2D eigenvalue weighted by atomic mass is 16.5. The lowest BCUT2D eigenvalue weighted by Gasteiger charge is -2.24. The van der Waals surface area contributed by atoms with Gasteiger partial charge >= 0.3 is 0 Å². The molecule has 8 heteroatoms. The molecule has 2 aromatic heterocycles. The molecule has 3 rings (SSSR count). The van der Waals surface area contributed by atoms with Crippen molar-refractivity contribution in [2.75, 3.05) is 13.2 Å². The quantitative estimate of drug-likeness (QED) is 0.548. The molecule has 0 saturated heterocycles. The number of aromatic amines is 1. The molecule has 166 valence electrons. The molecule has 1 unspecified atom stereocenters. The van der Waals surface area contributed by atoms with Crippen LogP contribution in [0.5, 0.6) is 11.5 Å². The first-order valence-electron chi connectivity index (χ1n) is 10.6.